The Labute approximate surface area is 184 Å². The Morgan fingerprint density at radius 2 is 1.35 bits per heavy atom. The first kappa shape index (κ1) is 20.4. The molecule has 31 heavy (non-hydrogen) atoms. The van der Waals surface area contributed by atoms with Crippen LogP contribution in [0.4, 0.5) is 11.4 Å². The molecule has 0 radical (unpaired) electrons. The third kappa shape index (κ3) is 4.68. The van der Waals surface area contributed by atoms with Gasteiger partial charge in [0.15, 0.2) is 0 Å². The van der Waals surface area contributed by atoms with E-state index in [2.05, 4.69) is 10.6 Å². The minimum atomic E-state index is -0.279. The van der Waals surface area contributed by atoms with Crippen molar-refractivity contribution in [3.63, 3.8) is 0 Å². The number of ether oxygens (including phenoxy) is 1. The standard InChI is InChI=1S/C25H19ClN2O3/c1-31-23-15-17-6-3-2-5-16(17)14-22(23)25(30)28-21-11-9-20(10-12-21)27-24(29)18-7-4-8-19(26)13-18/h2-15H,1H3,(H,27,29)(H,28,30). The number of amides is 2. The van der Waals surface area contributed by atoms with Crippen LogP contribution < -0.4 is 15.4 Å². The Balaban J connectivity index is 1.48. The average molecular weight is 431 g/mol. The Bertz CT molecular complexity index is 1270. The van der Waals surface area contributed by atoms with Gasteiger partial charge in [-0.1, -0.05) is 41.9 Å². The van der Waals surface area contributed by atoms with Crippen LogP contribution in [-0.2, 0) is 0 Å². The minimum Gasteiger partial charge on any atom is -0.496 e. The second-order valence-corrected chi connectivity index (χ2v) is 7.33. The molecule has 154 valence electrons. The van der Waals surface area contributed by atoms with Crippen molar-refractivity contribution in [1.29, 1.82) is 0 Å². The number of rotatable bonds is 5. The van der Waals surface area contributed by atoms with Gasteiger partial charge in [-0.05, 0) is 65.4 Å². The van der Waals surface area contributed by atoms with Crippen molar-refractivity contribution in [3.05, 3.63) is 101 Å². The maximum Gasteiger partial charge on any atom is 0.259 e. The summed E-state index contributed by atoms with van der Waals surface area (Å²) in [5, 5.41) is 8.12. The lowest BCUT2D eigenvalue weighted by Gasteiger charge is -2.12. The molecular formula is C25H19ClN2O3. The van der Waals surface area contributed by atoms with Gasteiger partial charge in [-0.2, -0.15) is 0 Å². The number of halogens is 1. The van der Waals surface area contributed by atoms with Gasteiger partial charge in [0.1, 0.15) is 5.75 Å². The predicted molar refractivity (Wildman–Crippen MR) is 124 cm³/mol. The lowest BCUT2D eigenvalue weighted by Crippen LogP contribution is -2.14. The van der Waals surface area contributed by atoms with Gasteiger partial charge in [-0.15, -0.1) is 0 Å². The summed E-state index contributed by atoms with van der Waals surface area (Å²) in [6, 6.07) is 25.0. The molecule has 0 saturated heterocycles. The van der Waals surface area contributed by atoms with E-state index in [1.807, 2.05) is 36.4 Å². The van der Waals surface area contributed by atoms with Gasteiger partial charge in [0.25, 0.3) is 11.8 Å². The van der Waals surface area contributed by atoms with Crippen LogP contribution in [0.25, 0.3) is 10.8 Å². The van der Waals surface area contributed by atoms with Crippen LogP contribution in [0, 0.1) is 0 Å². The molecule has 0 saturated carbocycles. The number of carbonyl (C=O) groups excluding carboxylic acids is 2. The fraction of sp³-hybridized carbons (Fsp3) is 0.0400. The van der Waals surface area contributed by atoms with Crippen LogP contribution in [0.2, 0.25) is 5.02 Å². The van der Waals surface area contributed by atoms with Crippen molar-refractivity contribution < 1.29 is 14.3 Å². The zero-order valence-corrected chi connectivity index (χ0v) is 17.4. The summed E-state index contributed by atoms with van der Waals surface area (Å²) in [4.78, 5) is 25.2. The van der Waals surface area contributed by atoms with E-state index < -0.39 is 0 Å². The number of carbonyl (C=O) groups is 2. The molecule has 0 aliphatic carbocycles. The van der Waals surface area contributed by atoms with Crippen LogP contribution in [0.3, 0.4) is 0 Å². The Kier molecular flexibility index (Phi) is 5.87. The summed E-state index contributed by atoms with van der Waals surface area (Å²) in [5.41, 5.74) is 2.11. The van der Waals surface area contributed by atoms with Gasteiger partial charge in [0.05, 0.1) is 12.7 Å². The van der Waals surface area contributed by atoms with Crippen LogP contribution in [0.15, 0.2) is 84.9 Å². The summed E-state index contributed by atoms with van der Waals surface area (Å²) in [5.74, 6) is -0.0416. The lowest BCUT2D eigenvalue weighted by molar-refractivity contribution is 0.101. The van der Waals surface area contributed by atoms with E-state index in [1.54, 1.807) is 48.5 Å². The molecule has 0 fully saturated rings. The quantitative estimate of drug-likeness (QED) is 0.407. The number of methoxy groups -OCH3 is 1. The highest BCUT2D eigenvalue weighted by molar-refractivity contribution is 6.31. The lowest BCUT2D eigenvalue weighted by atomic mass is 10.1. The molecule has 4 aromatic rings. The second-order valence-electron chi connectivity index (χ2n) is 6.90. The number of hydrogen-bond donors (Lipinski definition) is 2. The fourth-order valence-electron chi connectivity index (χ4n) is 3.23. The summed E-state index contributed by atoms with van der Waals surface area (Å²) in [6.07, 6.45) is 0. The minimum absolute atomic E-state index is 0.264. The largest absolute Gasteiger partial charge is 0.496 e. The summed E-state index contributed by atoms with van der Waals surface area (Å²) in [6.45, 7) is 0. The van der Waals surface area contributed by atoms with E-state index >= 15 is 0 Å². The number of hydrogen-bond acceptors (Lipinski definition) is 3. The van der Waals surface area contributed by atoms with Crippen LogP contribution in [0.5, 0.6) is 5.75 Å². The van der Waals surface area contributed by atoms with Gasteiger partial charge in [-0.25, -0.2) is 0 Å². The second kappa shape index (κ2) is 8.90. The number of benzene rings is 4. The fourth-order valence-corrected chi connectivity index (χ4v) is 3.42. The van der Waals surface area contributed by atoms with Crippen molar-refractivity contribution in [2.45, 2.75) is 0 Å². The molecule has 4 rings (SSSR count). The number of anilines is 2. The van der Waals surface area contributed by atoms with E-state index in [9.17, 15) is 9.59 Å². The molecule has 5 nitrogen and oxygen atoms in total. The van der Waals surface area contributed by atoms with Gasteiger partial charge in [0.2, 0.25) is 0 Å². The van der Waals surface area contributed by atoms with E-state index in [-0.39, 0.29) is 11.8 Å². The highest BCUT2D eigenvalue weighted by atomic mass is 35.5. The highest BCUT2D eigenvalue weighted by Gasteiger charge is 2.14. The Morgan fingerprint density at radius 1 is 0.742 bits per heavy atom. The average Bonchev–Trinajstić information content (AvgIpc) is 2.79. The predicted octanol–water partition coefficient (Wildman–Crippen LogP) is 6.01. The van der Waals surface area contributed by atoms with Crippen molar-refractivity contribution in [2.24, 2.45) is 0 Å². The molecule has 4 aromatic carbocycles. The van der Waals surface area contributed by atoms with Crippen molar-refractivity contribution in [2.75, 3.05) is 17.7 Å². The monoisotopic (exact) mass is 430 g/mol. The molecule has 2 N–H and O–H groups in total. The van der Waals surface area contributed by atoms with Crippen LogP contribution >= 0.6 is 11.6 Å². The summed E-state index contributed by atoms with van der Waals surface area (Å²) >= 11 is 5.94. The van der Waals surface area contributed by atoms with E-state index in [0.29, 0.717) is 33.3 Å². The maximum absolute atomic E-state index is 12.8. The third-order valence-electron chi connectivity index (χ3n) is 4.80. The van der Waals surface area contributed by atoms with Crippen molar-refractivity contribution >= 4 is 45.6 Å². The summed E-state index contributed by atoms with van der Waals surface area (Å²) in [7, 11) is 1.54. The first-order valence-electron chi connectivity index (χ1n) is 9.58. The van der Waals surface area contributed by atoms with Gasteiger partial charge < -0.3 is 15.4 Å². The zero-order valence-electron chi connectivity index (χ0n) is 16.7. The zero-order chi connectivity index (χ0) is 21.8. The van der Waals surface area contributed by atoms with Crippen molar-refractivity contribution in [1.82, 2.24) is 0 Å². The van der Waals surface area contributed by atoms with E-state index in [4.69, 9.17) is 16.3 Å². The first-order chi connectivity index (χ1) is 15.0. The molecule has 2 amide bonds. The van der Waals surface area contributed by atoms with Gasteiger partial charge in [0, 0.05) is 22.0 Å². The third-order valence-corrected chi connectivity index (χ3v) is 5.03. The molecule has 0 aromatic heterocycles. The van der Waals surface area contributed by atoms with Crippen LogP contribution in [-0.4, -0.2) is 18.9 Å². The molecule has 0 spiro atoms. The molecule has 0 heterocycles. The normalized spacial score (nSPS) is 10.5. The Hall–Kier alpha value is -3.83. The highest BCUT2D eigenvalue weighted by Crippen LogP contribution is 2.27. The van der Waals surface area contributed by atoms with Gasteiger partial charge >= 0.3 is 0 Å². The number of nitrogens with one attached hydrogen (secondary N) is 2. The molecule has 6 heteroatoms. The molecule has 0 bridgehead atoms. The maximum atomic E-state index is 12.8. The van der Waals surface area contributed by atoms with Crippen LogP contribution in [0.1, 0.15) is 20.7 Å². The van der Waals surface area contributed by atoms with Crippen molar-refractivity contribution in [3.8, 4) is 5.75 Å². The van der Waals surface area contributed by atoms with Gasteiger partial charge in [-0.3, -0.25) is 9.59 Å². The molecule has 0 aliphatic heterocycles. The molecule has 0 aliphatic rings. The first-order valence-corrected chi connectivity index (χ1v) is 9.96. The summed E-state index contributed by atoms with van der Waals surface area (Å²) < 4.78 is 5.41. The Morgan fingerprint density at radius 3 is 1.97 bits per heavy atom. The molecule has 0 atom stereocenters. The molecule has 0 unspecified atom stereocenters. The smallest absolute Gasteiger partial charge is 0.259 e. The SMILES string of the molecule is COc1cc2ccccc2cc1C(=O)Nc1ccc(NC(=O)c2cccc(Cl)c2)cc1. The number of fused-ring (bicyclic) bond motifs is 1. The van der Waals surface area contributed by atoms with E-state index in [0.717, 1.165) is 10.8 Å². The topological polar surface area (TPSA) is 67.4 Å². The molecular weight excluding hydrogens is 412 g/mol. The van der Waals surface area contributed by atoms with E-state index in [1.165, 1.54) is 7.11 Å².